The molecule has 8 heteroatoms. The van der Waals surface area contributed by atoms with Gasteiger partial charge in [0.25, 0.3) is 0 Å². The lowest BCUT2D eigenvalue weighted by Crippen LogP contribution is -2.27. The van der Waals surface area contributed by atoms with Gasteiger partial charge in [-0.1, -0.05) is 62.6 Å². The lowest BCUT2D eigenvalue weighted by molar-refractivity contribution is -0.123. The van der Waals surface area contributed by atoms with Crippen molar-refractivity contribution in [1.82, 2.24) is 10.2 Å². The number of amides is 1. The molecule has 1 aromatic carbocycles. The zero-order chi connectivity index (χ0) is 18.4. The second-order valence-corrected chi connectivity index (χ2v) is 9.97. The lowest BCUT2D eigenvalue weighted by Gasteiger charge is -2.17. The number of nitrogens with one attached hydrogen (secondary N) is 1. The number of aromatic nitrogens is 2. The SMILES string of the molecule is CCSc1nnc(SCC(=O)c2ccc(NC(=O)C(C)(C)C)cc2)s1. The van der Waals surface area contributed by atoms with Crippen molar-refractivity contribution in [2.45, 2.75) is 36.4 Å². The van der Waals surface area contributed by atoms with E-state index in [-0.39, 0.29) is 11.7 Å². The molecule has 0 bridgehead atoms. The molecule has 1 heterocycles. The molecule has 0 fully saturated rings. The highest BCUT2D eigenvalue weighted by Gasteiger charge is 2.21. The van der Waals surface area contributed by atoms with Crippen molar-refractivity contribution >= 4 is 52.2 Å². The second kappa shape index (κ2) is 8.82. The molecule has 1 amide bonds. The van der Waals surface area contributed by atoms with E-state index in [1.54, 1.807) is 36.0 Å². The van der Waals surface area contributed by atoms with Gasteiger partial charge in [0.1, 0.15) is 0 Å². The fraction of sp³-hybridized carbons (Fsp3) is 0.412. The first-order chi connectivity index (χ1) is 11.8. The highest BCUT2D eigenvalue weighted by Crippen LogP contribution is 2.29. The first-order valence-corrected chi connectivity index (χ1v) is 10.6. The number of hydrogen-bond donors (Lipinski definition) is 1. The summed E-state index contributed by atoms with van der Waals surface area (Å²) in [5.41, 5.74) is 0.852. The van der Waals surface area contributed by atoms with Gasteiger partial charge in [-0.2, -0.15) is 0 Å². The minimum Gasteiger partial charge on any atom is -0.326 e. The number of carbonyl (C=O) groups excluding carboxylic acids is 2. The van der Waals surface area contributed by atoms with Crippen LogP contribution in [0, 0.1) is 5.41 Å². The number of rotatable bonds is 7. The van der Waals surface area contributed by atoms with Crippen LogP contribution in [0.2, 0.25) is 0 Å². The van der Waals surface area contributed by atoms with Gasteiger partial charge >= 0.3 is 0 Å². The molecule has 0 saturated carbocycles. The number of anilines is 1. The third-order valence-corrected chi connectivity index (χ3v) is 6.20. The second-order valence-electron chi connectivity index (χ2n) is 6.26. The maximum Gasteiger partial charge on any atom is 0.229 e. The standard InChI is InChI=1S/C17H21N3O2S3/c1-5-23-15-19-20-16(25-15)24-10-13(21)11-6-8-12(9-7-11)18-14(22)17(2,3)4/h6-9H,5,10H2,1-4H3,(H,18,22). The van der Waals surface area contributed by atoms with Crippen LogP contribution in [0.3, 0.4) is 0 Å². The average Bonchev–Trinajstić information content (AvgIpc) is 3.00. The number of hydrogen-bond acceptors (Lipinski definition) is 7. The van der Waals surface area contributed by atoms with Crippen molar-refractivity contribution < 1.29 is 9.59 Å². The van der Waals surface area contributed by atoms with E-state index in [0.717, 1.165) is 14.4 Å². The number of benzene rings is 1. The molecule has 0 radical (unpaired) electrons. The Bertz CT molecular complexity index is 736. The minimum atomic E-state index is -0.457. The maximum absolute atomic E-state index is 12.3. The largest absolute Gasteiger partial charge is 0.326 e. The molecule has 1 N–H and O–H groups in total. The van der Waals surface area contributed by atoms with Gasteiger partial charge in [0.05, 0.1) is 5.75 Å². The number of thioether (sulfide) groups is 2. The molecule has 0 aliphatic heterocycles. The molecule has 2 rings (SSSR count). The molecule has 134 valence electrons. The fourth-order valence-electron chi connectivity index (χ4n) is 1.71. The first kappa shape index (κ1) is 19.9. The van der Waals surface area contributed by atoms with Crippen molar-refractivity contribution in [1.29, 1.82) is 0 Å². The van der Waals surface area contributed by atoms with Crippen molar-refractivity contribution in [2.75, 3.05) is 16.8 Å². The van der Waals surface area contributed by atoms with Crippen LogP contribution in [-0.4, -0.2) is 33.4 Å². The summed E-state index contributed by atoms with van der Waals surface area (Å²) in [4.78, 5) is 24.3. The van der Waals surface area contributed by atoms with Gasteiger partial charge in [-0.05, 0) is 30.0 Å². The van der Waals surface area contributed by atoms with Crippen LogP contribution in [0.5, 0.6) is 0 Å². The first-order valence-electron chi connectivity index (χ1n) is 7.83. The summed E-state index contributed by atoms with van der Waals surface area (Å²) >= 11 is 4.56. The van der Waals surface area contributed by atoms with E-state index in [0.29, 0.717) is 17.0 Å². The Hall–Kier alpha value is -1.38. The summed E-state index contributed by atoms with van der Waals surface area (Å²) in [6.45, 7) is 7.63. The zero-order valence-electron chi connectivity index (χ0n) is 14.7. The predicted octanol–water partition coefficient (Wildman–Crippen LogP) is 4.61. The van der Waals surface area contributed by atoms with E-state index in [9.17, 15) is 9.59 Å². The van der Waals surface area contributed by atoms with Gasteiger partial charge < -0.3 is 5.32 Å². The van der Waals surface area contributed by atoms with E-state index in [1.807, 2.05) is 20.8 Å². The van der Waals surface area contributed by atoms with Crippen LogP contribution < -0.4 is 5.32 Å². The summed E-state index contributed by atoms with van der Waals surface area (Å²) in [7, 11) is 0. The van der Waals surface area contributed by atoms with E-state index in [2.05, 4.69) is 22.4 Å². The van der Waals surface area contributed by atoms with Crippen molar-refractivity contribution in [2.24, 2.45) is 5.41 Å². The van der Waals surface area contributed by atoms with E-state index >= 15 is 0 Å². The third-order valence-electron chi connectivity index (χ3n) is 3.13. The topological polar surface area (TPSA) is 72.0 Å². The molecule has 0 aliphatic rings. The van der Waals surface area contributed by atoms with Gasteiger partial charge in [-0.25, -0.2) is 0 Å². The van der Waals surface area contributed by atoms with Crippen LogP contribution in [0.15, 0.2) is 32.9 Å². The Morgan fingerprint density at radius 3 is 2.24 bits per heavy atom. The Labute approximate surface area is 160 Å². The number of carbonyl (C=O) groups is 2. The summed E-state index contributed by atoms with van der Waals surface area (Å²) in [5, 5.41) is 11.0. The number of Topliss-reactive ketones (excluding diaryl/α,β-unsaturated/α-hetero) is 1. The maximum atomic E-state index is 12.3. The minimum absolute atomic E-state index is 0.0265. The molecule has 0 spiro atoms. The number of nitrogens with zero attached hydrogens (tertiary/aromatic N) is 2. The fourth-order valence-corrected chi connectivity index (χ4v) is 4.52. The Morgan fingerprint density at radius 2 is 1.68 bits per heavy atom. The van der Waals surface area contributed by atoms with Crippen LogP contribution in [-0.2, 0) is 4.79 Å². The molecule has 0 unspecified atom stereocenters. The van der Waals surface area contributed by atoms with Gasteiger partial charge in [-0.3, -0.25) is 9.59 Å². The smallest absolute Gasteiger partial charge is 0.229 e. The molecule has 2 aromatic rings. The Kier molecular flexibility index (Phi) is 7.04. The van der Waals surface area contributed by atoms with E-state index in [1.165, 1.54) is 23.1 Å². The zero-order valence-corrected chi connectivity index (χ0v) is 17.1. The van der Waals surface area contributed by atoms with Crippen molar-refractivity contribution in [3.8, 4) is 0 Å². The molecule has 5 nitrogen and oxygen atoms in total. The Balaban J connectivity index is 1.90. The molecular weight excluding hydrogens is 374 g/mol. The highest BCUT2D eigenvalue weighted by atomic mass is 32.2. The van der Waals surface area contributed by atoms with Gasteiger partial charge in [0, 0.05) is 16.7 Å². The molecule has 1 aromatic heterocycles. The van der Waals surface area contributed by atoms with E-state index in [4.69, 9.17) is 0 Å². The lowest BCUT2D eigenvalue weighted by atomic mass is 9.95. The monoisotopic (exact) mass is 395 g/mol. The van der Waals surface area contributed by atoms with Gasteiger partial charge in [-0.15, -0.1) is 10.2 Å². The van der Waals surface area contributed by atoms with Crippen LogP contribution in [0.4, 0.5) is 5.69 Å². The highest BCUT2D eigenvalue weighted by molar-refractivity contribution is 8.03. The average molecular weight is 396 g/mol. The predicted molar refractivity (Wildman–Crippen MR) is 106 cm³/mol. The van der Waals surface area contributed by atoms with E-state index < -0.39 is 5.41 Å². The normalized spacial score (nSPS) is 11.4. The molecule has 25 heavy (non-hydrogen) atoms. The van der Waals surface area contributed by atoms with Crippen LogP contribution in [0.25, 0.3) is 0 Å². The third kappa shape index (κ3) is 6.13. The molecular formula is C17H21N3O2S3. The van der Waals surface area contributed by atoms with Gasteiger partial charge in [0.15, 0.2) is 14.5 Å². The summed E-state index contributed by atoms with van der Waals surface area (Å²) < 4.78 is 1.73. The number of ketones is 1. The van der Waals surface area contributed by atoms with Crippen LogP contribution >= 0.6 is 34.9 Å². The van der Waals surface area contributed by atoms with Gasteiger partial charge in [0.2, 0.25) is 5.91 Å². The quantitative estimate of drug-likeness (QED) is 0.545. The molecule has 0 atom stereocenters. The molecule has 0 aliphatic carbocycles. The van der Waals surface area contributed by atoms with Crippen molar-refractivity contribution in [3.63, 3.8) is 0 Å². The van der Waals surface area contributed by atoms with Crippen LogP contribution in [0.1, 0.15) is 38.1 Å². The molecule has 0 saturated heterocycles. The Morgan fingerprint density at radius 1 is 1.08 bits per heavy atom. The van der Waals surface area contributed by atoms with Crippen molar-refractivity contribution in [3.05, 3.63) is 29.8 Å². The summed E-state index contributed by atoms with van der Waals surface area (Å²) in [5.74, 6) is 1.24. The summed E-state index contributed by atoms with van der Waals surface area (Å²) in [6, 6.07) is 6.98. The summed E-state index contributed by atoms with van der Waals surface area (Å²) in [6.07, 6.45) is 0.